The number of rotatable bonds is 5. The summed E-state index contributed by atoms with van der Waals surface area (Å²) < 4.78 is 5.72. The molecule has 2 unspecified atom stereocenters. The number of hydrogen-bond donors (Lipinski definition) is 1. The maximum atomic E-state index is 12.9. The Morgan fingerprint density at radius 3 is 2.71 bits per heavy atom. The SMILES string of the molecule is Cc1ccc(C(=O)Nc2cc(Cl)cc(CN3CCN(C(=O)C4CCCCO4)C(C)C3)c2C)cn1. The van der Waals surface area contributed by atoms with Crippen LogP contribution in [-0.2, 0) is 16.1 Å². The minimum Gasteiger partial charge on any atom is -0.368 e. The first kappa shape index (κ1) is 24.6. The zero-order valence-corrected chi connectivity index (χ0v) is 20.9. The minimum absolute atomic E-state index is 0.111. The predicted octanol–water partition coefficient (Wildman–Crippen LogP) is 4.21. The van der Waals surface area contributed by atoms with Crippen molar-refractivity contribution in [3.63, 3.8) is 0 Å². The van der Waals surface area contributed by atoms with Crippen LogP contribution in [0.15, 0.2) is 30.5 Å². The molecule has 3 heterocycles. The largest absolute Gasteiger partial charge is 0.368 e. The molecule has 2 atom stereocenters. The number of piperazine rings is 1. The summed E-state index contributed by atoms with van der Waals surface area (Å²) in [6.45, 7) is 9.61. The van der Waals surface area contributed by atoms with Gasteiger partial charge in [0, 0.05) is 61.4 Å². The van der Waals surface area contributed by atoms with E-state index in [0.29, 0.717) is 36.0 Å². The summed E-state index contributed by atoms with van der Waals surface area (Å²) >= 11 is 6.42. The van der Waals surface area contributed by atoms with E-state index < -0.39 is 0 Å². The lowest BCUT2D eigenvalue weighted by atomic mass is 10.0. The van der Waals surface area contributed by atoms with Crippen LogP contribution in [-0.4, -0.2) is 65.0 Å². The Hall–Kier alpha value is -2.48. The summed E-state index contributed by atoms with van der Waals surface area (Å²) in [6.07, 6.45) is 4.20. The number of aryl methyl sites for hydroxylation is 1. The lowest BCUT2D eigenvalue weighted by molar-refractivity contribution is -0.151. The Morgan fingerprint density at radius 2 is 2.03 bits per heavy atom. The molecule has 0 spiro atoms. The first-order valence-corrected chi connectivity index (χ1v) is 12.4. The zero-order chi connectivity index (χ0) is 24.2. The predicted molar refractivity (Wildman–Crippen MR) is 133 cm³/mol. The Bertz CT molecular complexity index is 1040. The molecule has 7 nitrogen and oxygen atoms in total. The molecule has 1 aromatic heterocycles. The van der Waals surface area contributed by atoms with Gasteiger partial charge in [0.05, 0.1) is 5.56 Å². The van der Waals surface area contributed by atoms with Gasteiger partial charge in [-0.1, -0.05) is 11.6 Å². The van der Waals surface area contributed by atoms with Gasteiger partial charge in [-0.15, -0.1) is 0 Å². The molecule has 2 aliphatic heterocycles. The van der Waals surface area contributed by atoms with Crippen molar-refractivity contribution in [3.8, 4) is 0 Å². The van der Waals surface area contributed by atoms with Crippen molar-refractivity contribution in [1.29, 1.82) is 0 Å². The summed E-state index contributed by atoms with van der Waals surface area (Å²) in [6, 6.07) is 7.43. The summed E-state index contributed by atoms with van der Waals surface area (Å²) in [4.78, 5) is 34.2. The molecule has 2 fully saturated rings. The van der Waals surface area contributed by atoms with Gasteiger partial charge in [0.2, 0.25) is 0 Å². The van der Waals surface area contributed by atoms with Gasteiger partial charge in [-0.2, -0.15) is 0 Å². The molecular formula is C26H33ClN4O3. The fourth-order valence-corrected chi connectivity index (χ4v) is 4.93. The monoisotopic (exact) mass is 484 g/mol. The van der Waals surface area contributed by atoms with Crippen LogP contribution in [0.5, 0.6) is 0 Å². The number of nitrogens with one attached hydrogen (secondary N) is 1. The average molecular weight is 485 g/mol. The molecule has 2 aliphatic rings. The van der Waals surface area contributed by atoms with E-state index in [4.69, 9.17) is 16.3 Å². The molecule has 2 amide bonds. The fraction of sp³-hybridized carbons (Fsp3) is 0.500. The second-order valence-electron chi connectivity index (χ2n) is 9.35. The van der Waals surface area contributed by atoms with Crippen LogP contribution in [0.2, 0.25) is 5.02 Å². The number of aromatic nitrogens is 1. The highest BCUT2D eigenvalue weighted by Gasteiger charge is 2.33. The molecule has 8 heteroatoms. The number of carbonyl (C=O) groups excluding carboxylic acids is 2. The summed E-state index contributed by atoms with van der Waals surface area (Å²) in [5, 5.41) is 3.56. The number of nitrogens with zero attached hydrogens (tertiary/aromatic N) is 3. The van der Waals surface area contributed by atoms with E-state index in [1.165, 1.54) is 0 Å². The second kappa shape index (κ2) is 10.8. The van der Waals surface area contributed by atoms with Gasteiger partial charge in [0.25, 0.3) is 11.8 Å². The van der Waals surface area contributed by atoms with Crippen molar-refractivity contribution >= 4 is 29.1 Å². The summed E-state index contributed by atoms with van der Waals surface area (Å²) in [5.74, 6) is -0.0872. The third kappa shape index (κ3) is 5.77. The molecule has 182 valence electrons. The lowest BCUT2D eigenvalue weighted by Gasteiger charge is -2.41. The van der Waals surface area contributed by atoms with Crippen LogP contribution in [0.3, 0.4) is 0 Å². The normalized spacial score (nSPS) is 21.4. The third-order valence-electron chi connectivity index (χ3n) is 6.75. The number of halogens is 1. The number of pyridine rings is 1. The van der Waals surface area contributed by atoms with Gasteiger partial charge < -0.3 is 15.0 Å². The molecule has 4 rings (SSSR count). The van der Waals surface area contributed by atoms with E-state index in [2.05, 4.69) is 22.1 Å². The molecule has 0 saturated carbocycles. The van der Waals surface area contributed by atoms with Crippen LogP contribution >= 0.6 is 11.6 Å². The third-order valence-corrected chi connectivity index (χ3v) is 6.96. The maximum absolute atomic E-state index is 12.9. The summed E-state index contributed by atoms with van der Waals surface area (Å²) in [5.41, 5.74) is 4.11. The molecule has 0 aliphatic carbocycles. The number of ether oxygens (including phenoxy) is 1. The van der Waals surface area contributed by atoms with E-state index in [9.17, 15) is 9.59 Å². The van der Waals surface area contributed by atoms with Gasteiger partial charge >= 0.3 is 0 Å². The Balaban J connectivity index is 1.41. The first-order valence-electron chi connectivity index (χ1n) is 12.0. The first-order chi connectivity index (χ1) is 16.3. The molecule has 1 N–H and O–H groups in total. The van der Waals surface area contributed by atoms with Gasteiger partial charge in [-0.05, 0) is 75.4 Å². The number of hydrogen-bond acceptors (Lipinski definition) is 5. The Kier molecular flexibility index (Phi) is 7.86. The maximum Gasteiger partial charge on any atom is 0.257 e. The van der Waals surface area contributed by atoms with Gasteiger partial charge in [-0.25, -0.2) is 0 Å². The van der Waals surface area contributed by atoms with Crippen molar-refractivity contribution in [1.82, 2.24) is 14.8 Å². The molecule has 1 aromatic carbocycles. The molecule has 2 aromatic rings. The second-order valence-corrected chi connectivity index (χ2v) is 9.79. The van der Waals surface area contributed by atoms with Crippen LogP contribution < -0.4 is 5.32 Å². The lowest BCUT2D eigenvalue weighted by Crippen LogP contribution is -2.56. The smallest absolute Gasteiger partial charge is 0.257 e. The molecule has 34 heavy (non-hydrogen) atoms. The van der Waals surface area contributed by atoms with Crippen molar-refractivity contribution in [2.75, 3.05) is 31.6 Å². The Morgan fingerprint density at radius 1 is 1.21 bits per heavy atom. The highest BCUT2D eigenvalue weighted by Crippen LogP contribution is 2.27. The topological polar surface area (TPSA) is 74.8 Å². The molecule has 0 bridgehead atoms. The van der Waals surface area contributed by atoms with Gasteiger partial charge in [0.1, 0.15) is 6.10 Å². The highest BCUT2D eigenvalue weighted by molar-refractivity contribution is 6.31. The molecular weight excluding hydrogens is 452 g/mol. The highest BCUT2D eigenvalue weighted by atomic mass is 35.5. The minimum atomic E-state index is -0.284. The number of carbonyl (C=O) groups is 2. The van der Waals surface area contributed by atoms with Crippen LogP contribution in [0.1, 0.15) is 53.4 Å². The van der Waals surface area contributed by atoms with Crippen molar-refractivity contribution in [3.05, 3.63) is 57.9 Å². The average Bonchev–Trinajstić information content (AvgIpc) is 2.82. The van der Waals surface area contributed by atoms with E-state index >= 15 is 0 Å². The van der Waals surface area contributed by atoms with Gasteiger partial charge in [-0.3, -0.25) is 19.5 Å². The van der Waals surface area contributed by atoms with Crippen LogP contribution in [0.4, 0.5) is 5.69 Å². The van der Waals surface area contributed by atoms with Crippen LogP contribution in [0, 0.1) is 13.8 Å². The van der Waals surface area contributed by atoms with E-state index in [0.717, 1.165) is 49.2 Å². The zero-order valence-electron chi connectivity index (χ0n) is 20.1. The number of benzene rings is 1. The van der Waals surface area contributed by atoms with Crippen molar-refractivity contribution in [2.45, 2.75) is 58.7 Å². The van der Waals surface area contributed by atoms with E-state index in [1.807, 2.05) is 30.9 Å². The van der Waals surface area contributed by atoms with Crippen LogP contribution in [0.25, 0.3) is 0 Å². The number of amides is 2. The van der Waals surface area contributed by atoms with Crippen molar-refractivity contribution in [2.24, 2.45) is 0 Å². The quantitative estimate of drug-likeness (QED) is 0.688. The molecule has 2 saturated heterocycles. The standard InChI is InChI=1S/C26H33ClN4O3/c1-17-7-8-20(14-28-17)25(32)29-23-13-22(27)12-21(19(23)3)16-30-9-10-31(18(2)15-30)26(33)24-6-4-5-11-34-24/h7-8,12-14,18,24H,4-6,9-11,15-16H2,1-3H3,(H,29,32). The van der Waals surface area contributed by atoms with E-state index in [-0.39, 0.29) is 24.0 Å². The fourth-order valence-electron chi connectivity index (χ4n) is 4.69. The Labute approximate surface area is 206 Å². The number of anilines is 1. The van der Waals surface area contributed by atoms with Gasteiger partial charge in [0.15, 0.2) is 0 Å². The van der Waals surface area contributed by atoms with E-state index in [1.54, 1.807) is 18.3 Å². The van der Waals surface area contributed by atoms with Crippen molar-refractivity contribution < 1.29 is 14.3 Å². The molecule has 0 radical (unpaired) electrons. The summed E-state index contributed by atoms with van der Waals surface area (Å²) in [7, 11) is 0.